The Bertz CT molecular complexity index is 403. The van der Waals surface area contributed by atoms with E-state index in [2.05, 4.69) is 5.32 Å². The van der Waals surface area contributed by atoms with E-state index < -0.39 is 5.91 Å². The minimum absolute atomic E-state index is 0.150. The summed E-state index contributed by atoms with van der Waals surface area (Å²) in [5.41, 5.74) is 5.54. The standard InChI is InChI=1S/C11H13ClN2O2/c12-9-5-7(11(13)15)1-2-10(9)16-8-3-4-14-6-8/h1-2,5,8,14H,3-4,6H2,(H2,13,15). The number of carbonyl (C=O) groups excluding carboxylic acids is 1. The second kappa shape index (κ2) is 4.72. The number of amides is 1. The summed E-state index contributed by atoms with van der Waals surface area (Å²) in [5, 5.41) is 3.62. The molecule has 0 radical (unpaired) electrons. The fourth-order valence-corrected chi connectivity index (χ4v) is 1.88. The Morgan fingerprint density at radius 2 is 2.38 bits per heavy atom. The first-order valence-corrected chi connectivity index (χ1v) is 5.51. The van der Waals surface area contributed by atoms with Gasteiger partial charge in [-0.3, -0.25) is 4.79 Å². The molecule has 2 rings (SSSR count). The summed E-state index contributed by atoms with van der Waals surface area (Å²) in [6, 6.07) is 4.83. The summed E-state index contributed by atoms with van der Waals surface area (Å²) >= 11 is 6.00. The van der Waals surface area contributed by atoms with Crippen LogP contribution in [-0.4, -0.2) is 25.1 Å². The Morgan fingerprint density at radius 3 is 2.94 bits per heavy atom. The molecule has 5 heteroatoms. The molecule has 0 saturated carbocycles. The van der Waals surface area contributed by atoms with E-state index in [1.165, 1.54) is 6.07 Å². The van der Waals surface area contributed by atoms with E-state index in [-0.39, 0.29) is 6.10 Å². The van der Waals surface area contributed by atoms with E-state index in [0.717, 1.165) is 19.5 Å². The maximum absolute atomic E-state index is 10.9. The van der Waals surface area contributed by atoms with Crippen LogP contribution in [0.5, 0.6) is 5.75 Å². The molecular weight excluding hydrogens is 228 g/mol. The number of primary amides is 1. The van der Waals surface area contributed by atoms with Crippen LogP contribution < -0.4 is 15.8 Å². The van der Waals surface area contributed by atoms with Crippen molar-refractivity contribution in [2.24, 2.45) is 5.73 Å². The average Bonchev–Trinajstić information content (AvgIpc) is 2.73. The van der Waals surface area contributed by atoms with Crippen LogP contribution in [0.2, 0.25) is 5.02 Å². The lowest BCUT2D eigenvalue weighted by Crippen LogP contribution is -2.19. The molecule has 0 aliphatic carbocycles. The van der Waals surface area contributed by atoms with Gasteiger partial charge in [-0.2, -0.15) is 0 Å². The summed E-state index contributed by atoms with van der Waals surface area (Å²) in [7, 11) is 0. The van der Waals surface area contributed by atoms with Crippen molar-refractivity contribution in [1.82, 2.24) is 5.32 Å². The number of hydrogen-bond acceptors (Lipinski definition) is 3. The Kier molecular flexibility index (Phi) is 3.31. The van der Waals surface area contributed by atoms with E-state index in [1.54, 1.807) is 12.1 Å². The summed E-state index contributed by atoms with van der Waals surface area (Å²) in [4.78, 5) is 10.9. The fourth-order valence-electron chi connectivity index (χ4n) is 1.66. The van der Waals surface area contributed by atoms with Crippen molar-refractivity contribution in [3.63, 3.8) is 0 Å². The highest BCUT2D eigenvalue weighted by Gasteiger charge is 2.17. The van der Waals surface area contributed by atoms with E-state index in [0.29, 0.717) is 16.3 Å². The molecule has 1 aromatic rings. The van der Waals surface area contributed by atoms with Gasteiger partial charge in [0, 0.05) is 12.1 Å². The van der Waals surface area contributed by atoms with E-state index >= 15 is 0 Å². The van der Waals surface area contributed by atoms with Gasteiger partial charge in [0.25, 0.3) is 0 Å². The maximum atomic E-state index is 10.9. The average molecular weight is 241 g/mol. The monoisotopic (exact) mass is 240 g/mol. The van der Waals surface area contributed by atoms with Gasteiger partial charge >= 0.3 is 0 Å². The number of nitrogens with one attached hydrogen (secondary N) is 1. The van der Waals surface area contributed by atoms with Gasteiger partial charge in [0.1, 0.15) is 11.9 Å². The lowest BCUT2D eigenvalue weighted by Gasteiger charge is -2.13. The lowest BCUT2D eigenvalue weighted by molar-refractivity contribution is 0.1000. The molecule has 1 saturated heterocycles. The van der Waals surface area contributed by atoms with Crippen LogP contribution >= 0.6 is 11.6 Å². The van der Waals surface area contributed by atoms with Crippen molar-refractivity contribution in [1.29, 1.82) is 0 Å². The summed E-state index contributed by atoms with van der Waals surface area (Å²) in [5.74, 6) is 0.108. The predicted molar refractivity (Wildman–Crippen MR) is 61.9 cm³/mol. The van der Waals surface area contributed by atoms with Crippen molar-refractivity contribution in [2.45, 2.75) is 12.5 Å². The summed E-state index contributed by atoms with van der Waals surface area (Å²) in [6.07, 6.45) is 1.12. The van der Waals surface area contributed by atoms with Crippen molar-refractivity contribution in [3.05, 3.63) is 28.8 Å². The third-order valence-corrected chi connectivity index (χ3v) is 2.82. The van der Waals surface area contributed by atoms with Gasteiger partial charge in [-0.15, -0.1) is 0 Å². The first-order valence-electron chi connectivity index (χ1n) is 5.13. The molecule has 0 spiro atoms. The van der Waals surface area contributed by atoms with Gasteiger partial charge in [0.2, 0.25) is 5.91 Å². The zero-order valence-corrected chi connectivity index (χ0v) is 9.46. The van der Waals surface area contributed by atoms with Crippen LogP contribution in [0.4, 0.5) is 0 Å². The number of hydrogen-bond donors (Lipinski definition) is 2. The summed E-state index contributed by atoms with van der Waals surface area (Å²) in [6.45, 7) is 1.79. The molecular formula is C11H13ClN2O2. The topological polar surface area (TPSA) is 64.4 Å². The number of ether oxygens (including phenoxy) is 1. The number of halogens is 1. The van der Waals surface area contributed by atoms with Gasteiger partial charge in [-0.1, -0.05) is 11.6 Å². The van der Waals surface area contributed by atoms with Crippen molar-refractivity contribution in [3.8, 4) is 5.75 Å². The van der Waals surface area contributed by atoms with Crippen LogP contribution in [0, 0.1) is 0 Å². The quantitative estimate of drug-likeness (QED) is 0.834. The molecule has 1 amide bonds. The van der Waals surface area contributed by atoms with Crippen LogP contribution in [0.3, 0.4) is 0 Å². The molecule has 86 valence electrons. The molecule has 1 unspecified atom stereocenters. The highest BCUT2D eigenvalue weighted by Crippen LogP contribution is 2.27. The number of benzene rings is 1. The van der Waals surface area contributed by atoms with Gasteiger partial charge in [0.05, 0.1) is 5.02 Å². The Hall–Kier alpha value is -1.26. The molecule has 4 nitrogen and oxygen atoms in total. The van der Waals surface area contributed by atoms with Crippen molar-refractivity contribution in [2.75, 3.05) is 13.1 Å². The predicted octanol–water partition coefficient (Wildman–Crippen LogP) is 1.18. The summed E-state index contributed by atoms with van der Waals surface area (Å²) < 4.78 is 5.69. The molecule has 0 bridgehead atoms. The molecule has 1 atom stereocenters. The van der Waals surface area contributed by atoms with Crippen LogP contribution in [0.1, 0.15) is 16.8 Å². The van der Waals surface area contributed by atoms with Gasteiger partial charge in [-0.05, 0) is 31.2 Å². The third-order valence-electron chi connectivity index (χ3n) is 2.53. The molecule has 1 aromatic carbocycles. The third kappa shape index (κ3) is 2.46. The Morgan fingerprint density at radius 1 is 1.56 bits per heavy atom. The molecule has 1 aliphatic heterocycles. The highest BCUT2D eigenvalue weighted by molar-refractivity contribution is 6.32. The zero-order valence-electron chi connectivity index (χ0n) is 8.70. The van der Waals surface area contributed by atoms with E-state index in [4.69, 9.17) is 22.1 Å². The van der Waals surface area contributed by atoms with Crippen LogP contribution in [0.25, 0.3) is 0 Å². The largest absolute Gasteiger partial charge is 0.487 e. The molecule has 3 N–H and O–H groups in total. The van der Waals surface area contributed by atoms with Crippen molar-refractivity contribution < 1.29 is 9.53 Å². The van der Waals surface area contributed by atoms with Gasteiger partial charge < -0.3 is 15.8 Å². The molecule has 1 aliphatic rings. The minimum atomic E-state index is -0.490. The maximum Gasteiger partial charge on any atom is 0.248 e. The molecule has 1 fully saturated rings. The second-order valence-corrected chi connectivity index (χ2v) is 4.15. The van der Waals surface area contributed by atoms with E-state index in [1.807, 2.05) is 0 Å². The van der Waals surface area contributed by atoms with Crippen molar-refractivity contribution >= 4 is 17.5 Å². The van der Waals surface area contributed by atoms with E-state index in [9.17, 15) is 4.79 Å². The molecule has 0 aromatic heterocycles. The minimum Gasteiger partial charge on any atom is -0.487 e. The first-order chi connectivity index (χ1) is 7.66. The first kappa shape index (κ1) is 11.2. The smallest absolute Gasteiger partial charge is 0.248 e. The number of rotatable bonds is 3. The van der Waals surface area contributed by atoms with Crippen LogP contribution in [-0.2, 0) is 0 Å². The van der Waals surface area contributed by atoms with Crippen LogP contribution in [0.15, 0.2) is 18.2 Å². The highest BCUT2D eigenvalue weighted by atomic mass is 35.5. The number of carbonyl (C=O) groups is 1. The lowest BCUT2D eigenvalue weighted by atomic mass is 10.2. The zero-order chi connectivity index (χ0) is 11.5. The van der Waals surface area contributed by atoms with Gasteiger partial charge in [-0.25, -0.2) is 0 Å². The SMILES string of the molecule is NC(=O)c1ccc(OC2CCNC2)c(Cl)c1. The van der Waals surface area contributed by atoms with Gasteiger partial charge in [0.15, 0.2) is 0 Å². The Balaban J connectivity index is 2.12. The number of nitrogens with two attached hydrogens (primary N) is 1. The molecule has 16 heavy (non-hydrogen) atoms. The second-order valence-electron chi connectivity index (χ2n) is 3.74. The Labute approximate surface area is 98.7 Å². The normalized spacial score (nSPS) is 19.7. The molecule has 1 heterocycles. The fraction of sp³-hybridized carbons (Fsp3) is 0.364.